The minimum atomic E-state index is -2.68. The van der Waals surface area contributed by atoms with Crippen LogP contribution in [0.15, 0.2) is 24.4 Å². The van der Waals surface area contributed by atoms with Crippen molar-refractivity contribution in [2.45, 2.75) is 6.43 Å². The Morgan fingerprint density at radius 3 is 2.88 bits per heavy atom. The Morgan fingerprint density at radius 2 is 2.18 bits per heavy atom. The van der Waals surface area contributed by atoms with E-state index in [0.717, 1.165) is 6.07 Å². The minimum absolute atomic E-state index is 0.144. The summed E-state index contributed by atoms with van der Waals surface area (Å²) in [4.78, 5) is 3.89. The monoisotopic (exact) mass is 242 g/mol. The number of ether oxygens (including phenoxy) is 1. The number of nitrogens with zero attached hydrogens (tertiary/aromatic N) is 1. The lowest BCUT2D eigenvalue weighted by Crippen LogP contribution is -2.09. The lowest BCUT2D eigenvalue weighted by molar-refractivity contribution is 0.0806. The zero-order chi connectivity index (χ0) is 12.4. The molecule has 17 heavy (non-hydrogen) atoms. The lowest BCUT2D eigenvalue weighted by Gasteiger charge is -2.10. The molecule has 1 aromatic carbocycles. The fourth-order valence-corrected chi connectivity index (χ4v) is 1.50. The van der Waals surface area contributed by atoms with Crippen LogP contribution in [0.4, 0.5) is 18.9 Å². The van der Waals surface area contributed by atoms with Crippen molar-refractivity contribution < 1.29 is 17.9 Å². The number of hydrogen-bond acceptors (Lipinski definition) is 3. The SMILES string of the molecule is Nc1cc(F)c(OCC(F)F)c2ncccc12. The smallest absolute Gasteiger partial charge is 0.272 e. The number of anilines is 1. The number of hydrogen-bond donors (Lipinski definition) is 1. The van der Waals surface area contributed by atoms with E-state index < -0.39 is 18.8 Å². The van der Waals surface area contributed by atoms with E-state index in [1.807, 2.05) is 0 Å². The maximum absolute atomic E-state index is 13.5. The highest BCUT2D eigenvalue weighted by atomic mass is 19.3. The van der Waals surface area contributed by atoms with E-state index in [-0.39, 0.29) is 17.0 Å². The number of alkyl halides is 2. The maximum Gasteiger partial charge on any atom is 0.272 e. The summed E-state index contributed by atoms with van der Waals surface area (Å²) in [7, 11) is 0. The molecule has 0 aliphatic rings. The van der Waals surface area contributed by atoms with Gasteiger partial charge in [-0.3, -0.25) is 4.98 Å². The first-order valence-electron chi connectivity index (χ1n) is 4.83. The van der Waals surface area contributed by atoms with Crippen LogP contribution in [0.1, 0.15) is 0 Å². The van der Waals surface area contributed by atoms with E-state index in [1.54, 1.807) is 12.1 Å². The van der Waals surface area contributed by atoms with E-state index in [1.165, 1.54) is 6.20 Å². The molecule has 0 radical (unpaired) electrons. The van der Waals surface area contributed by atoms with Crippen LogP contribution in [0.5, 0.6) is 5.75 Å². The predicted molar refractivity (Wildman–Crippen MR) is 57.6 cm³/mol. The average molecular weight is 242 g/mol. The Kier molecular flexibility index (Phi) is 3.03. The first-order valence-corrected chi connectivity index (χ1v) is 4.83. The third-order valence-electron chi connectivity index (χ3n) is 2.19. The molecule has 3 nitrogen and oxygen atoms in total. The minimum Gasteiger partial charge on any atom is -0.482 e. The van der Waals surface area contributed by atoms with Gasteiger partial charge in [-0.15, -0.1) is 0 Å². The highest BCUT2D eigenvalue weighted by Gasteiger charge is 2.14. The Morgan fingerprint density at radius 1 is 1.41 bits per heavy atom. The zero-order valence-electron chi connectivity index (χ0n) is 8.66. The quantitative estimate of drug-likeness (QED) is 0.841. The van der Waals surface area contributed by atoms with Crippen molar-refractivity contribution in [1.82, 2.24) is 4.98 Å². The molecule has 0 spiro atoms. The summed E-state index contributed by atoms with van der Waals surface area (Å²) in [6, 6.07) is 4.27. The Labute approximate surface area is 95.0 Å². The molecule has 90 valence electrons. The van der Waals surface area contributed by atoms with Gasteiger partial charge in [0.1, 0.15) is 12.1 Å². The van der Waals surface area contributed by atoms with Gasteiger partial charge < -0.3 is 10.5 Å². The molecule has 1 aromatic heterocycles. The van der Waals surface area contributed by atoms with Crippen LogP contribution in [0.3, 0.4) is 0 Å². The summed E-state index contributed by atoms with van der Waals surface area (Å²) in [5.74, 6) is -1.09. The molecule has 0 saturated heterocycles. The number of fused-ring (bicyclic) bond motifs is 1. The van der Waals surface area contributed by atoms with E-state index in [9.17, 15) is 13.2 Å². The lowest BCUT2D eigenvalue weighted by atomic mass is 10.1. The number of aromatic nitrogens is 1. The van der Waals surface area contributed by atoms with E-state index in [0.29, 0.717) is 5.39 Å². The van der Waals surface area contributed by atoms with Gasteiger partial charge in [0.2, 0.25) is 0 Å². The molecule has 0 saturated carbocycles. The molecule has 0 bridgehead atoms. The molecule has 0 atom stereocenters. The first kappa shape index (κ1) is 11.5. The van der Waals surface area contributed by atoms with Gasteiger partial charge in [-0.25, -0.2) is 13.2 Å². The Hall–Kier alpha value is -1.98. The fraction of sp³-hybridized carbons (Fsp3) is 0.182. The van der Waals surface area contributed by atoms with Crippen molar-refractivity contribution in [3.8, 4) is 5.75 Å². The van der Waals surface area contributed by atoms with Crippen LogP contribution in [-0.2, 0) is 0 Å². The topological polar surface area (TPSA) is 48.1 Å². The number of pyridine rings is 1. The number of benzene rings is 1. The summed E-state index contributed by atoms with van der Waals surface area (Å²) in [6.07, 6.45) is -1.26. The molecule has 6 heteroatoms. The van der Waals surface area contributed by atoms with Crippen LogP contribution in [0.25, 0.3) is 10.9 Å². The van der Waals surface area contributed by atoms with Crippen molar-refractivity contribution in [2.75, 3.05) is 12.3 Å². The van der Waals surface area contributed by atoms with Crippen molar-refractivity contribution in [1.29, 1.82) is 0 Å². The predicted octanol–water partition coefficient (Wildman–Crippen LogP) is 2.60. The zero-order valence-corrected chi connectivity index (χ0v) is 8.66. The molecule has 0 amide bonds. The second-order valence-corrected chi connectivity index (χ2v) is 3.38. The molecule has 0 aliphatic heterocycles. The number of nitrogens with two attached hydrogens (primary N) is 1. The fourth-order valence-electron chi connectivity index (χ4n) is 1.50. The van der Waals surface area contributed by atoms with Gasteiger partial charge in [0.05, 0.1) is 0 Å². The maximum atomic E-state index is 13.5. The third kappa shape index (κ3) is 2.25. The molecule has 0 fully saturated rings. The van der Waals surface area contributed by atoms with E-state index >= 15 is 0 Å². The second-order valence-electron chi connectivity index (χ2n) is 3.38. The van der Waals surface area contributed by atoms with Crippen LogP contribution in [0.2, 0.25) is 0 Å². The number of rotatable bonds is 3. The third-order valence-corrected chi connectivity index (χ3v) is 2.19. The largest absolute Gasteiger partial charge is 0.482 e. The van der Waals surface area contributed by atoms with Crippen LogP contribution < -0.4 is 10.5 Å². The molecule has 1 heterocycles. The van der Waals surface area contributed by atoms with Gasteiger partial charge in [0.15, 0.2) is 11.6 Å². The van der Waals surface area contributed by atoms with Gasteiger partial charge in [0.25, 0.3) is 6.43 Å². The molecular weight excluding hydrogens is 233 g/mol. The van der Waals surface area contributed by atoms with Crippen LogP contribution in [0, 0.1) is 5.82 Å². The van der Waals surface area contributed by atoms with Crippen molar-refractivity contribution >= 4 is 16.6 Å². The van der Waals surface area contributed by atoms with Crippen molar-refractivity contribution in [3.05, 3.63) is 30.2 Å². The molecule has 0 aliphatic carbocycles. The standard InChI is InChI=1S/C11H9F3N2O/c12-7-4-8(15)6-2-1-3-16-10(6)11(7)17-5-9(13)14/h1-4,9H,5,15H2. The van der Waals surface area contributed by atoms with Gasteiger partial charge in [-0.2, -0.15) is 0 Å². The van der Waals surface area contributed by atoms with Gasteiger partial charge in [-0.1, -0.05) is 0 Å². The van der Waals surface area contributed by atoms with E-state index in [4.69, 9.17) is 10.5 Å². The molecule has 2 aromatic rings. The Balaban J connectivity index is 2.53. The highest BCUT2D eigenvalue weighted by molar-refractivity contribution is 5.94. The van der Waals surface area contributed by atoms with Crippen molar-refractivity contribution in [2.24, 2.45) is 0 Å². The van der Waals surface area contributed by atoms with Crippen LogP contribution >= 0.6 is 0 Å². The highest BCUT2D eigenvalue weighted by Crippen LogP contribution is 2.31. The molecule has 2 rings (SSSR count). The molecular formula is C11H9F3N2O. The summed E-state index contributed by atoms with van der Waals surface area (Å²) < 4.78 is 42.3. The second kappa shape index (κ2) is 4.48. The van der Waals surface area contributed by atoms with Gasteiger partial charge >= 0.3 is 0 Å². The van der Waals surface area contributed by atoms with Gasteiger partial charge in [-0.05, 0) is 12.1 Å². The molecule has 2 N–H and O–H groups in total. The summed E-state index contributed by atoms with van der Waals surface area (Å²) in [6.45, 7) is -0.882. The van der Waals surface area contributed by atoms with E-state index in [2.05, 4.69) is 4.98 Å². The van der Waals surface area contributed by atoms with Crippen LogP contribution in [-0.4, -0.2) is 18.0 Å². The summed E-state index contributed by atoms with van der Waals surface area (Å²) >= 11 is 0. The normalized spacial score (nSPS) is 11.1. The summed E-state index contributed by atoms with van der Waals surface area (Å²) in [5, 5.41) is 0.471. The van der Waals surface area contributed by atoms with Crippen molar-refractivity contribution in [3.63, 3.8) is 0 Å². The average Bonchev–Trinajstić information content (AvgIpc) is 2.28. The first-order chi connectivity index (χ1) is 8.09. The number of halogens is 3. The molecule has 0 unspecified atom stereocenters. The Bertz CT molecular complexity index is 545. The number of nitrogen functional groups attached to an aromatic ring is 1. The van der Waals surface area contributed by atoms with Gasteiger partial charge in [0, 0.05) is 23.3 Å². The summed E-state index contributed by atoms with van der Waals surface area (Å²) in [5.41, 5.74) is 5.93.